The van der Waals surface area contributed by atoms with Gasteiger partial charge < -0.3 is 22.3 Å². The molecule has 0 aliphatic rings. The van der Waals surface area contributed by atoms with Crippen molar-refractivity contribution in [2.45, 2.75) is 84.0 Å². The summed E-state index contributed by atoms with van der Waals surface area (Å²) >= 11 is 0. The smallest absolute Gasteiger partial charge is 1.00 e. The van der Waals surface area contributed by atoms with Gasteiger partial charge in [0.15, 0.2) is 0 Å². The zero-order valence-corrected chi connectivity index (χ0v) is 18.1. The second-order valence-corrected chi connectivity index (χ2v) is 4.66. The molecule has 0 N–H and O–H groups in total. The first-order valence-corrected chi connectivity index (χ1v) is 6.97. The Morgan fingerprint density at radius 1 is 0.778 bits per heavy atom. The SMILES string of the molecule is CCCCCCCCCCCCCC(=O)[O-].[Cl-].[Hg+2]. The summed E-state index contributed by atoms with van der Waals surface area (Å²) in [5.41, 5.74) is 0. The fourth-order valence-electron chi connectivity index (χ4n) is 1.93. The van der Waals surface area contributed by atoms with Crippen molar-refractivity contribution in [2.24, 2.45) is 0 Å². The molecule has 18 heavy (non-hydrogen) atoms. The second-order valence-electron chi connectivity index (χ2n) is 4.66. The van der Waals surface area contributed by atoms with E-state index in [1.165, 1.54) is 57.8 Å². The quantitative estimate of drug-likeness (QED) is 0.311. The van der Waals surface area contributed by atoms with Crippen molar-refractivity contribution >= 4 is 5.97 Å². The van der Waals surface area contributed by atoms with Crippen molar-refractivity contribution in [3.8, 4) is 0 Å². The third kappa shape index (κ3) is 21.9. The number of unbranched alkanes of at least 4 members (excludes halogenated alkanes) is 10. The summed E-state index contributed by atoms with van der Waals surface area (Å²) < 4.78 is 0. The summed E-state index contributed by atoms with van der Waals surface area (Å²) in [5, 5.41) is 10.1. The van der Waals surface area contributed by atoms with Gasteiger partial charge in [0.25, 0.3) is 0 Å². The van der Waals surface area contributed by atoms with Gasteiger partial charge in [0.05, 0.1) is 0 Å². The summed E-state index contributed by atoms with van der Waals surface area (Å²) in [6, 6.07) is 0. The van der Waals surface area contributed by atoms with E-state index < -0.39 is 5.97 Å². The van der Waals surface area contributed by atoms with E-state index in [1.54, 1.807) is 0 Å². The van der Waals surface area contributed by atoms with E-state index in [2.05, 4.69) is 6.92 Å². The summed E-state index contributed by atoms with van der Waals surface area (Å²) in [7, 11) is 0. The van der Waals surface area contributed by atoms with E-state index in [0.717, 1.165) is 12.8 Å². The van der Waals surface area contributed by atoms with Crippen molar-refractivity contribution < 1.29 is 50.0 Å². The van der Waals surface area contributed by atoms with E-state index in [1.807, 2.05) is 0 Å². The molecule has 0 aromatic carbocycles. The molecule has 0 aliphatic carbocycles. The fourth-order valence-corrected chi connectivity index (χ4v) is 1.93. The van der Waals surface area contributed by atoms with Crippen LogP contribution in [0.1, 0.15) is 84.0 Å². The van der Waals surface area contributed by atoms with Gasteiger partial charge in [-0.05, 0) is 12.8 Å². The standard InChI is InChI=1S/C14H28O2.ClH.Hg/c1-2-3-4-5-6-7-8-9-10-11-12-13-14(15)16;;/h2-13H2,1H3,(H,15,16);1H;/q;;+2/p-2. The molecule has 2 nitrogen and oxygen atoms in total. The van der Waals surface area contributed by atoms with E-state index in [0.29, 0.717) is 0 Å². The number of carboxylic acid groups (broad SMARTS) is 1. The largest absolute Gasteiger partial charge is 2.00 e. The van der Waals surface area contributed by atoms with E-state index in [9.17, 15) is 9.90 Å². The van der Waals surface area contributed by atoms with Crippen molar-refractivity contribution in [1.29, 1.82) is 0 Å². The van der Waals surface area contributed by atoms with Gasteiger partial charge in [0, 0.05) is 5.97 Å². The Morgan fingerprint density at radius 2 is 1.11 bits per heavy atom. The first kappa shape index (κ1) is 23.8. The molecule has 4 heteroatoms. The van der Waals surface area contributed by atoms with Crippen molar-refractivity contribution in [2.75, 3.05) is 0 Å². The summed E-state index contributed by atoms with van der Waals surface area (Å²) in [5.74, 6) is -0.907. The minimum absolute atomic E-state index is 0. The molecule has 0 amide bonds. The zero-order valence-electron chi connectivity index (χ0n) is 11.9. The van der Waals surface area contributed by atoms with Crippen molar-refractivity contribution in [1.82, 2.24) is 0 Å². The minimum atomic E-state index is -0.907. The number of rotatable bonds is 12. The molecule has 0 unspecified atom stereocenters. The molecule has 0 aromatic rings. The summed E-state index contributed by atoms with van der Waals surface area (Å²) in [6.07, 6.45) is 14.0. The Kier molecular flexibility index (Phi) is 26.4. The first-order chi connectivity index (χ1) is 7.77. The molecule has 0 spiro atoms. The van der Waals surface area contributed by atoms with Gasteiger partial charge in [-0.25, -0.2) is 0 Å². The van der Waals surface area contributed by atoms with Crippen molar-refractivity contribution in [3.05, 3.63) is 0 Å². The maximum atomic E-state index is 10.1. The van der Waals surface area contributed by atoms with Crippen LogP contribution in [-0.4, -0.2) is 5.97 Å². The predicted octanol–water partition coefficient (Wildman–Crippen LogP) is 0.439. The van der Waals surface area contributed by atoms with Crippen LogP contribution in [0.25, 0.3) is 0 Å². The average Bonchev–Trinajstić information content (AvgIpc) is 2.25. The fraction of sp³-hybridized carbons (Fsp3) is 0.929. The van der Waals surface area contributed by atoms with Crippen LogP contribution in [0.5, 0.6) is 0 Å². The predicted molar refractivity (Wildman–Crippen MR) is 66.1 cm³/mol. The molecule has 0 rings (SSSR count). The monoisotopic (exact) mass is 464 g/mol. The van der Waals surface area contributed by atoms with Gasteiger partial charge in [-0.15, -0.1) is 0 Å². The third-order valence-corrected chi connectivity index (χ3v) is 2.98. The van der Waals surface area contributed by atoms with Gasteiger partial charge >= 0.3 is 27.7 Å². The van der Waals surface area contributed by atoms with Crippen LogP contribution in [0.4, 0.5) is 0 Å². The van der Waals surface area contributed by atoms with Crippen LogP contribution in [0.15, 0.2) is 0 Å². The number of hydrogen-bond acceptors (Lipinski definition) is 2. The average molecular weight is 463 g/mol. The van der Waals surface area contributed by atoms with Crippen LogP contribution < -0.4 is 17.5 Å². The first-order valence-electron chi connectivity index (χ1n) is 6.97. The van der Waals surface area contributed by atoms with Crippen LogP contribution in [0, 0.1) is 0 Å². The van der Waals surface area contributed by atoms with Gasteiger partial charge in [-0.3, -0.25) is 0 Å². The Bertz CT molecular complexity index is 166. The van der Waals surface area contributed by atoms with Crippen LogP contribution in [0.3, 0.4) is 0 Å². The van der Waals surface area contributed by atoms with E-state index >= 15 is 0 Å². The maximum Gasteiger partial charge on any atom is 2.00 e. The molecular weight excluding hydrogens is 436 g/mol. The number of halogens is 1. The molecule has 0 saturated heterocycles. The number of carbonyl (C=O) groups is 1. The van der Waals surface area contributed by atoms with Crippen LogP contribution in [0.2, 0.25) is 0 Å². The normalized spacial score (nSPS) is 9.39. The second kappa shape index (κ2) is 20.0. The molecule has 0 heterocycles. The number of carboxylic acids is 1. The number of aliphatic carboxylic acids is 1. The Labute approximate surface area is 139 Å². The molecule has 0 atom stereocenters. The summed E-state index contributed by atoms with van der Waals surface area (Å²) in [4.78, 5) is 10.1. The molecule has 0 saturated carbocycles. The zero-order chi connectivity index (χ0) is 12.1. The third-order valence-electron chi connectivity index (χ3n) is 2.98. The molecular formula is C14H27ClHgO2. The molecule has 0 aromatic heterocycles. The maximum absolute atomic E-state index is 10.1. The Balaban J connectivity index is -0.00000112. The van der Waals surface area contributed by atoms with Crippen LogP contribution >= 0.6 is 0 Å². The van der Waals surface area contributed by atoms with Crippen molar-refractivity contribution in [3.63, 3.8) is 0 Å². The Hall–Kier alpha value is 0.695. The molecule has 0 aliphatic heterocycles. The van der Waals surface area contributed by atoms with Gasteiger partial charge in [-0.1, -0.05) is 71.1 Å². The molecule has 0 radical (unpaired) electrons. The molecule has 0 fully saturated rings. The summed E-state index contributed by atoms with van der Waals surface area (Å²) in [6.45, 7) is 2.24. The number of carbonyl (C=O) groups excluding carboxylic acids is 1. The number of hydrogen-bond donors (Lipinski definition) is 0. The van der Waals surface area contributed by atoms with Crippen LogP contribution in [-0.2, 0) is 32.5 Å². The van der Waals surface area contributed by atoms with E-state index in [4.69, 9.17) is 0 Å². The van der Waals surface area contributed by atoms with E-state index in [-0.39, 0.29) is 46.5 Å². The Morgan fingerprint density at radius 3 is 1.44 bits per heavy atom. The topological polar surface area (TPSA) is 40.1 Å². The minimum Gasteiger partial charge on any atom is -1.00 e. The van der Waals surface area contributed by atoms with Gasteiger partial charge in [-0.2, -0.15) is 0 Å². The molecule has 0 bridgehead atoms. The molecule has 104 valence electrons. The van der Waals surface area contributed by atoms with Gasteiger partial charge in [0.2, 0.25) is 0 Å². The van der Waals surface area contributed by atoms with Gasteiger partial charge in [0.1, 0.15) is 0 Å².